The fourth-order valence-electron chi connectivity index (χ4n) is 3.20. The van der Waals surface area contributed by atoms with Gasteiger partial charge in [0.15, 0.2) is 11.3 Å². The van der Waals surface area contributed by atoms with Crippen molar-refractivity contribution in [2.24, 2.45) is 0 Å². The molecule has 8 nitrogen and oxygen atoms in total. The van der Waals surface area contributed by atoms with Gasteiger partial charge in [-0.25, -0.2) is 0 Å². The predicted octanol–water partition coefficient (Wildman–Crippen LogP) is 5.47. The van der Waals surface area contributed by atoms with Gasteiger partial charge in [0.1, 0.15) is 11.5 Å². The third kappa shape index (κ3) is 10.3. The Morgan fingerprint density at radius 1 is 1.17 bits per heavy atom. The number of nitrogens with one attached hydrogen (secondary N) is 1. The zero-order valence-electron chi connectivity index (χ0n) is 21.6. The number of hydrogen-bond acceptors (Lipinski definition) is 7. The third-order valence-electron chi connectivity index (χ3n) is 4.82. The van der Waals surface area contributed by atoms with Crippen molar-refractivity contribution in [2.45, 2.75) is 53.0 Å². The number of methoxy groups -OCH3 is 1. The van der Waals surface area contributed by atoms with E-state index >= 15 is 0 Å². The maximum absolute atomic E-state index is 11.9. The van der Waals surface area contributed by atoms with Crippen LogP contribution in [0.2, 0.25) is 0 Å². The summed E-state index contributed by atoms with van der Waals surface area (Å²) in [5.41, 5.74) is 7.81. The lowest BCUT2D eigenvalue weighted by atomic mass is 10.1. The Kier molecular flexibility index (Phi) is 14.7. The number of anilines is 1. The monoisotopic (exact) mass is 488 g/mol. The number of hydrogen-bond donors (Lipinski definition) is 3. The van der Waals surface area contributed by atoms with Gasteiger partial charge >= 0.3 is 0 Å². The van der Waals surface area contributed by atoms with Crippen LogP contribution >= 0.6 is 0 Å². The Labute approximate surface area is 208 Å². The molecule has 2 aromatic heterocycles. The lowest BCUT2D eigenvalue weighted by molar-refractivity contribution is -0.116. The molecule has 194 valence electrons. The summed E-state index contributed by atoms with van der Waals surface area (Å²) in [5.74, 6) is 1.69. The average molecular weight is 489 g/mol. The van der Waals surface area contributed by atoms with Gasteiger partial charge in [-0.2, -0.15) is 0 Å². The highest BCUT2D eigenvalue weighted by Gasteiger charge is 2.14. The summed E-state index contributed by atoms with van der Waals surface area (Å²) in [4.78, 5) is 11.9. The smallest absolute Gasteiger partial charge is 0.244 e. The van der Waals surface area contributed by atoms with Crippen LogP contribution in [0.3, 0.4) is 0 Å². The highest BCUT2D eigenvalue weighted by molar-refractivity contribution is 5.97. The number of rotatable bonds is 11. The minimum atomic E-state index is -0.261. The number of unbranched alkanes of at least 4 members (excludes halogenated alkanes) is 2. The fourth-order valence-corrected chi connectivity index (χ4v) is 3.20. The summed E-state index contributed by atoms with van der Waals surface area (Å²) in [6, 6.07) is 7.24. The molecule has 0 unspecified atom stereocenters. The molecule has 0 radical (unpaired) electrons. The standard InChI is InChI=1S/C18H18N2O4.C8H18O.CH4O/c1-11-8-12-9-15(19)14(18(22-2)17(12)24-11)5-6-16(21)20-10-13-4-3-7-23-13;1-3-5-6-8-9-7-4-2;1-2/h3-9H,10,19H2,1-2H3,(H,20,21);3-8H2,1-2H3;2H,1H3/b6-5+;;. The van der Waals surface area contributed by atoms with E-state index in [1.165, 1.54) is 25.3 Å². The molecule has 1 aromatic carbocycles. The van der Waals surface area contributed by atoms with Gasteiger partial charge in [0.25, 0.3) is 0 Å². The summed E-state index contributed by atoms with van der Waals surface area (Å²) < 4.78 is 21.5. The molecule has 0 aliphatic heterocycles. The first kappa shape index (κ1) is 29.8. The molecule has 0 bridgehead atoms. The van der Waals surface area contributed by atoms with Gasteiger partial charge < -0.3 is 34.5 Å². The molecule has 3 rings (SSSR count). The van der Waals surface area contributed by atoms with Crippen molar-refractivity contribution in [1.82, 2.24) is 5.32 Å². The minimum absolute atomic E-state index is 0.261. The number of fused-ring (bicyclic) bond motifs is 1. The van der Waals surface area contributed by atoms with E-state index in [0.29, 0.717) is 34.9 Å². The Hall–Kier alpha value is -3.23. The topological polar surface area (TPSA) is 120 Å². The zero-order chi connectivity index (χ0) is 26.1. The number of aliphatic hydroxyl groups is 1. The number of benzene rings is 1. The normalized spacial score (nSPS) is 10.5. The number of carbonyl (C=O) groups is 1. The molecular weight excluding hydrogens is 448 g/mol. The van der Waals surface area contributed by atoms with Gasteiger partial charge in [-0.3, -0.25) is 4.79 Å². The van der Waals surface area contributed by atoms with Gasteiger partial charge in [-0.15, -0.1) is 0 Å². The van der Waals surface area contributed by atoms with Gasteiger partial charge in [0.05, 0.1) is 19.9 Å². The average Bonchev–Trinajstić information content (AvgIpc) is 3.51. The van der Waals surface area contributed by atoms with E-state index < -0.39 is 0 Å². The Morgan fingerprint density at radius 3 is 2.57 bits per heavy atom. The number of nitrogens with two attached hydrogens (primary N) is 1. The van der Waals surface area contributed by atoms with E-state index in [4.69, 9.17) is 29.1 Å². The van der Waals surface area contributed by atoms with Gasteiger partial charge in [-0.05, 0) is 50.1 Å². The minimum Gasteiger partial charge on any atom is -0.492 e. The molecule has 0 atom stereocenters. The fraction of sp³-hybridized carbons (Fsp3) is 0.444. The van der Waals surface area contributed by atoms with Crippen LogP contribution in [0.4, 0.5) is 5.69 Å². The van der Waals surface area contributed by atoms with Crippen LogP contribution in [0.1, 0.15) is 56.6 Å². The second-order valence-corrected chi connectivity index (χ2v) is 7.64. The molecule has 3 aromatic rings. The molecule has 8 heteroatoms. The quantitative estimate of drug-likeness (QED) is 0.186. The lowest BCUT2D eigenvalue weighted by Crippen LogP contribution is -2.19. The van der Waals surface area contributed by atoms with Crippen LogP contribution in [0.25, 0.3) is 17.0 Å². The van der Waals surface area contributed by atoms with E-state index in [0.717, 1.165) is 37.9 Å². The summed E-state index contributed by atoms with van der Waals surface area (Å²) in [6.45, 7) is 8.41. The Balaban J connectivity index is 0.000000473. The van der Waals surface area contributed by atoms with E-state index in [-0.39, 0.29) is 5.91 Å². The highest BCUT2D eigenvalue weighted by atomic mass is 16.5. The maximum Gasteiger partial charge on any atom is 0.244 e. The summed E-state index contributed by atoms with van der Waals surface area (Å²) in [7, 11) is 2.54. The number of furan rings is 2. The summed E-state index contributed by atoms with van der Waals surface area (Å²) >= 11 is 0. The predicted molar refractivity (Wildman–Crippen MR) is 140 cm³/mol. The number of aliphatic hydroxyl groups excluding tert-OH is 1. The molecule has 0 aliphatic rings. The lowest BCUT2D eigenvalue weighted by Gasteiger charge is -2.08. The van der Waals surface area contributed by atoms with Crippen LogP contribution in [0, 0.1) is 6.92 Å². The maximum atomic E-state index is 11.9. The van der Waals surface area contributed by atoms with Crippen molar-refractivity contribution in [2.75, 3.05) is 33.2 Å². The molecule has 35 heavy (non-hydrogen) atoms. The second-order valence-electron chi connectivity index (χ2n) is 7.64. The van der Waals surface area contributed by atoms with Gasteiger partial charge in [0.2, 0.25) is 5.91 Å². The Bertz CT molecular complexity index is 1000. The number of nitrogen functional groups attached to an aromatic ring is 1. The van der Waals surface area contributed by atoms with Crippen molar-refractivity contribution >= 4 is 28.6 Å². The van der Waals surface area contributed by atoms with Crippen molar-refractivity contribution in [1.29, 1.82) is 0 Å². The summed E-state index contributed by atoms with van der Waals surface area (Å²) in [5, 5.41) is 10.6. The molecule has 0 spiro atoms. The Morgan fingerprint density at radius 2 is 1.94 bits per heavy atom. The second kappa shape index (κ2) is 17.2. The van der Waals surface area contributed by atoms with E-state index in [1.54, 1.807) is 37.6 Å². The van der Waals surface area contributed by atoms with Gasteiger partial charge in [-0.1, -0.05) is 26.7 Å². The van der Waals surface area contributed by atoms with E-state index in [2.05, 4.69) is 19.2 Å². The van der Waals surface area contributed by atoms with Crippen LogP contribution in [-0.4, -0.2) is 38.4 Å². The SMILES string of the molecule is CCCCCOCCC.CO.COc1c(/C=C/C(=O)NCc2ccco2)c(N)cc2cc(C)oc12. The molecule has 0 fully saturated rings. The van der Waals surface area contributed by atoms with E-state index in [1.807, 2.05) is 13.0 Å². The molecule has 2 heterocycles. The van der Waals surface area contributed by atoms with Crippen LogP contribution < -0.4 is 15.8 Å². The molecule has 1 amide bonds. The third-order valence-corrected chi connectivity index (χ3v) is 4.82. The number of ether oxygens (including phenoxy) is 2. The molecule has 0 aliphatic carbocycles. The molecule has 0 saturated carbocycles. The largest absolute Gasteiger partial charge is 0.492 e. The van der Waals surface area contributed by atoms with Crippen LogP contribution in [0.5, 0.6) is 5.75 Å². The molecular formula is C27H40N2O6. The van der Waals surface area contributed by atoms with Crippen molar-refractivity contribution in [3.63, 3.8) is 0 Å². The van der Waals surface area contributed by atoms with Crippen molar-refractivity contribution in [3.05, 3.63) is 53.7 Å². The molecule has 0 saturated heterocycles. The summed E-state index contributed by atoms with van der Waals surface area (Å²) in [6.07, 6.45) is 9.55. The molecule has 4 N–H and O–H groups in total. The first-order valence-electron chi connectivity index (χ1n) is 11.9. The number of aryl methyl sites for hydroxylation is 1. The number of amides is 1. The van der Waals surface area contributed by atoms with Crippen LogP contribution in [0.15, 0.2) is 45.4 Å². The van der Waals surface area contributed by atoms with Crippen molar-refractivity contribution in [3.8, 4) is 5.75 Å². The van der Waals surface area contributed by atoms with E-state index in [9.17, 15) is 4.79 Å². The highest BCUT2D eigenvalue weighted by Crippen LogP contribution is 2.36. The zero-order valence-corrected chi connectivity index (χ0v) is 21.6. The van der Waals surface area contributed by atoms with Gasteiger partial charge in [0, 0.05) is 43.0 Å². The van der Waals surface area contributed by atoms with Crippen LogP contribution in [-0.2, 0) is 16.1 Å². The first-order valence-corrected chi connectivity index (χ1v) is 11.9. The van der Waals surface area contributed by atoms with Crippen molar-refractivity contribution < 1.29 is 28.2 Å². The first-order chi connectivity index (χ1) is 17.0. The number of carbonyl (C=O) groups excluding carboxylic acids is 1.